The molecule has 0 saturated carbocycles. The van der Waals surface area contributed by atoms with Crippen LogP contribution in [0.25, 0.3) is 11.0 Å². The number of carbonyl (C=O) groups excluding carboxylic acids is 2. The fourth-order valence-corrected chi connectivity index (χ4v) is 4.50. The zero-order valence-electron chi connectivity index (χ0n) is 16.9. The van der Waals surface area contributed by atoms with E-state index in [1.165, 1.54) is 4.57 Å². The lowest BCUT2D eigenvalue weighted by molar-refractivity contribution is -0.133. The van der Waals surface area contributed by atoms with Crippen molar-refractivity contribution in [3.63, 3.8) is 0 Å². The van der Waals surface area contributed by atoms with E-state index in [9.17, 15) is 14.4 Å². The fraction of sp³-hybridized carbons (Fsp3) is 0.571. The van der Waals surface area contributed by atoms with E-state index < -0.39 is 6.04 Å². The van der Waals surface area contributed by atoms with Crippen molar-refractivity contribution in [2.75, 3.05) is 39.3 Å². The van der Waals surface area contributed by atoms with E-state index in [1.54, 1.807) is 11.6 Å². The summed E-state index contributed by atoms with van der Waals surface area (Å²) in [5.41, 5.74) is 2.46. The molecule has 2 aromatic rings. The number of nitrogens with zero attached hydrogens (tertiary/aromatic N) is 3. The molecule has 0 aliphatic carbocycles. The number of hydrogen-bond donors (Lipinski definition) is 2. The quantitative estimate of drug-likeness (QED) is 0.678. The summed E-state index contributed by atoms with van der Waals surface area (Å²) in [7, 11) is 1.74. The van der Waals surface area contributed by atoms with Gasteiger partial charge in [0.05, 0.1) is 17.6 Å². The maximum Gasteiger partial charge on any atom is 0.329 e. The van der Waals surface area contributed by atoms with Gasteiger partial charge in [-0.15, -0.1) is 0 Å². The van der Waals surface area contributed by atoms with Gasteiger partial charge in [0.25, 0.3) is 0 Å². The number of nitrogens with one attached hydrogen (secondary N) is 2. The van der Waals surface area contributed by atoms with Crippen molar-refractivity contribution in [1.82, 2.24) is 24.7 Å². The molecular formula is C21H29N5O3. The normalized spacial score (nSPS) is 20.9. The maximum absolute atomic E-state index is 13.0. The van der Waals surface area contributed by atoms with Crippen LogP contribution in [0.1, 0.15) is 30.9 Å². The average molecular weight is 399 g/mol. The Kier molecular flexibility index (Phi) is 5.82. The zero-order chi connectivity index (χ0) is 20.4. The van der Waals surface area contributed by atoms with Gasteiger partial charge in [0.2, 0.25) is 5.91 Å². The van der Waals surface area contributed by atoms with Gasteiger partial charge >= 0.3 is 5.69 Å². The largest absolute Gasteiger partial charge is 0.347 e. The second-order valence-corrected chi connectivity index (χ2v) is 8.02. The molecule has 0 spiro atoms. The van der Waals surface area contributed by atoms with Crippen LogP contribution < -0.4 is 16.3 Å². The Morgan fingerprint density at radius 2 is 1.90 bits per heavy atom. The molecule has 1 amide bonds. The van der Waals surface area contributed by atoms with E-state index in [-0.39, 0.29) is 30.3 Å². The van der Waals surface area contributed by atoms with E-state index in [0.717, 1.165) is 68.6 Å². The molecule has 2 N–H and O–H groups in total. The van der Waals surface area contributed by atoms with Crippen molar-refractivity contribution in [2.24, 2.45) is 7.05 Å². The third kappa shape index (κ3) is 4.00. The van der Waals surface area contributed by atoms with Crippen molar-refractivity contribution >= 4 is 22.7 Å². The minimum Gasteiger partial charge on any atom is -0.347 e. The van der Waals surface area contributed by atoms with Crippen LogP contribution in [0.2, 0.25) is 0 Å². The van der Waals surface area contributed by atoms with Gasteiger partial charge in [-0.3, -0.25) is 18.7 Å². The monoisotopic (exact) mass is 399 g/mol. The Morgan fingerprint density at radius 1 is 1.10 bits per heavy atom. The zero-order valence-corrected chi connectivity index (χ0v) is 16.9. The number of rotatable bonds is 6. The summed E-state index contributed by atoms with van der Waals surface area (Å²) in [6.07, 6.45) is 3.12. The van der Waals surface area contributed by atoms with E-state index in [4.69, 9.17) is 0 Å². The van der Waals surface area contributed by atoms with Gasteiger partial charge in [0.15, 0.2) is 5.78 Å². The standard InChI is InChI=1S/C21H29N5O3/c1-24-19-15(5-2-3-10-25-11-8-22-9-12-25)6-4-7-17(19)26(21(24)29)18-13-16(27)14-23-20(18)28/h4,6-7,18,22H,2-3,5,8-14H2,1H3,(H,23,28). The Balaban J connectivity index is 1.54. The summed E-state index contributed by atoms with van der Waals surface area (Å²) >= 11 is 0. The first-order valence-corrected chi connectivity index (χ1v) is 10.5. The number of fused-ring (bicyclic) bond motifs is 1. The van der Waals surface area contributed by atoms with Crippen LogP contribution in [-0.2, 0) is 23.1 Å². The van der Waals surface area contributed by atoms with Gasteiger partial charge in [-0.2, -0.15) is 0 Å². The predicted molar refractivity (Wildman–Crippen MR) is 111 cm³/mol. The van der Waals surface area contributed by atoms with Gasteiger partial charge in [0.1, 0.15) is 6.04 Å². The number of unbranched alkanes of at least 4 members (excludes halogenated alkanes) is 1. The highest BCUT2D eigenvalue weighted by Gasteiger charge is 2.32. The molecule has 1 aromatic heterocycles. The minimum atomic E-state index is -0.768. The van der Waals surface area contributed by atoms with Crippen LogP contribution >= 0.6 is 0 Å². The number of carbonyl (C=O) groups is 2. The first-order valence-electron chi connectivity index (χ1n) is 10.5. The van der Waals surface area contributed by atoms with Crippen molar-refractivity contribution < 1.29 is 9.59 Å². The highest BCUT2D eigenvalue weighted by molar-refractivity contribution is 5.96. The molecule has 2 fully saturated rings. The highest BCUT2D eigenvalue weighted by Crippen LogP contribution is 2.24. The van der Waals surface area contributed by atoms with Crippen LogP contribution in [0.4, 0.5) is 0 Å². The summed E-state index contributed by atoms with van der Waals surface area (Å²) in [6, 6.07) is 5.10. The van der Waals surface area contributed by atoms with Crippen molar-refractivity contribution in [1.29, 1.82) is 0 Å². The van der Waals surface area contributed by atoms with Crippen molar-refractivity contribution in [3.05, 3.63) is 34.2 Å². The molecular weight excluding hydrogens is 370 g/mol. The number of aryl methyl sites for hydroxylation is 2. The summed E-state index contributed by atoms with van der Waals surface area (Å²) in [6.45, 7) is 5.48. The Morgan fingerprint density at radius 3 is 2.69 bits per heavy atom. The van der Waals surface area contributed by atoms with Crippen molar-refractivity contribution in [2.45, 2.75) is 31.7 Å². The van der Waals surface area contributed by atoms with E-state index in [1.807, 2.05) is 12.1 Å². The second-order valence-electron chi connectivity index (χ2n) is 8.02. The molecule has 156 valence electrons. The molecule has 29 heavy (non-hydrogen) atoms. The molecule has 1 unspecified atom stereocenters. The van der Waals surface area contributed by atoms with Crippen LogP contribution in [0, 0.1) is 0 Å². The van der Waals surface area contributed by atoms with Gasteiger partial charge in [-0.1, -0.05) is 12.1 Å². The van der Waals surface area contributed by atoms with Crippen molar-refractivity contribution in [3.8, 4) is 0 Å². The number of aromatic nitrogens is 2. The van der Waals surface area contributed by atoms with Gasteiger partial charge in [0, 0.05) is 39.6 Å². The van der Waals surface area contributed by atoms with E-state index in [0.29, 0.717) is 0 Å². The van der Waals surface area contributed by atoms with Crippen LogP contribution in [0.15, 0.2) is 23.0 Å². The lowest BCUT2D eigenvalue weighted by atomic mass is 10.0. The third-order valence-corrected chi connectivity index (χ3v) is 6.06. The number of piperidine rings is 1. The molecule has 0 bridgehead atoms. The number of para-hydroxylation sites is 1. The highest BCUT2D eigenvalue weighted by atomic mass is 16.2. The molecule has 3 heterocycles. The number of benzene rings is 1. The topological polar surface area (TPSA) is 88.4 Å². The fourth-order valence-electron chi connectivity index (χ4n) is 4.50. The number of ketones is 1. The number of hydrogen-bond acceptors (Lipinski definition) is 5. The smallest absolute Gasteiger partial charge is 0.329 e. The lowest BCUT2D eigenvalue weighted by Gasteiger charge is -2.27. The number of Topliss-reactive ketones (excluding diaryl/α,β-unsaturated/α-hetero) is 1. The number of piperazine rings is 1. The molecule has 2 aliphatic rings. The van der Waals surface area contributed by atoms with E-state index in [2.05, 4.69) is 21.6 Å². The molecule has 4 rings (SSSR count). The SMILES string of the molecule is Cn1c(=O)n(C2CC(=O)CNC2=O)c2cccc(CCCCN3CCNCC3)c21. The predicted octanol–water partition coefficient (Wildman–Crippen LogP) is 0.198. The first-order chi connectivity index (χ1) is 14.1. The summed E-state index contributed by atoms with van der Waals surface area (Å²) in [5.74, 6) is -0.316. The van der Waals surface area contributed by atoms with Gasteiger partial charge < -0.3 is 15.5 Å². The van der Waals surface area contributed by atoms with Crippen LogP contribution in [0.5, 0.6) is 0 Å². The number of amides is 1. The minimum absolute atomic E-state index is 0.0488. The van der Waals surface area contributed by atoms with Crippen LogP contribution in [0.3, 0.4) is 0 Å². The maximum atomic E-state index is 13.0. The van der Waals surface area contributed by atoms with Gasteiger partial charge in [-0.25, -0.2) is 4.79 Å². The molecule has 8 heteroatoms. The van der Waals surface area contributed by atoms with Gasteiger partial charge in [-0.05, 0) is 37.4 Å². The van der Waals surface area contributed by atoms with E-state index >= 15 is 0 Å². The Labute approximate surface area is 169 Å². The average Bonchev–Trinajstić information content (AvgIpc) is 2.99. The number of imidazole rings is 1. The molecule has 2 saturated heterocycles. The molecule has 1 aromatic carbocycles. The Bertz CT molecular complexity index is 971. The molecule has 0 radical (unpaired) electrons. The summed E-state index contributed by atoms with van der Waals surface area (Å²) < 4.78 is 3.11. The first kappa shape index (κ1) is 19.8. The van der Waals surface area contributed by atoms with Crippen LogP contribution in [-0.4, -0.2) is 65.0 Å². The molecule has 8 nitrogen and oxygen atoms in total. The Hall–Kier alpha value is -2.45. The molecule has 1 atom stereocenters. The second kappa shape index (κ2) is 8.51. The summed E-state index contributed by atoms with van der Waals surface area (Å²) in [5, 5.41) is 5.97. The molecule has 2 aliphatic heterocycles. The third-order valence-electron chi connectivity index (χ3n) is 6.06. The lowest BCUT2D eigenvalue weighted by Crippen LogP contribution is -2.45. The summed E-state index contributed by atoms with van der Waals surface area (Å²) in [4.78, 5) is 39.7.